The fraction of sp³-hybridized carbons (Fsp3) is 0.333. The first-order valence-electron chi connectivity index (χ1n) is 9.76. The van der Waals surface area contributed by atoms with Gasteiger partial charge < -0.3 is 9.64 Å². The number of ether oxygens (including phenoxy) is 1. The summed E-state index contributed by atoms with van der Waals surface area (Å²) in [6.07, 6.45) is -6.03. The van der Waals surface area contributed by atoms with E-state index >= 15 is 0 Å². The van der Waals surface area contributed by atoms with E-state index in [9.17, 15) is 27.3 Å². The Balaban J connectivity index is 2.47. The first-order chi connectivity index (χ1) is 15.7. The lowest BCUT2D eigenvalue weighted by Crippen LogP contribution is -2.44. The van der Waals surface area contributed by atoms with Crippen molar-refractivity contribution < 1.29 is 32.1 Å². The Hall–Kier alpha value is -0.940. The number of halogens is 5. The Morgan fingerprint density at radius 2 is 1.47 bits per heavy atom. The average molecular weight is 663 g/mol. The summed E-state index contributed by atoms with van der Waals surface area (Å²) < 4.78 is 60.4. The van der Waals surface area contributed by atoms with E-state index in [4.69, 9.17) is 4.74 Å². The second kappa shape index (κ2) is 12.3. The van der Waals surface area contributed by atoms with E-state index in [0.29, 0.717) is 9.79 Å². The zero-order chi connectivity index (χ0) is 25.7. The predicted molar refractivity (Wildman–Crippen MR) is 136 cm³/mol. The molecule has 0 aromatic heterocycles. The van der Waals surface area contributed by atoms with Gasteiger partial charge in [0.25, 0.3) is 0 Å². The highest BCUT2D eigenvalue weighted by atomic mass is 79.9. The van der Waals surface area contributed by atoms with Crippen molar-refractivity contribution in [3.05, 3.63) is 56.5 Å². The molecule has 34 heavy (non-hydrogen) atoms. The summed E-state index contributed by atoms with van der Waals surface area (Å²) in [7, 11) is 0. The Morgan fingerprint density at radius 3 is 1.85 bits per heavy atom. The molecule has 0 N–H and O–H groups in total. The molecule has 5 nitrogen and oxygen atoms in total. The van der Waals surface area contributed by atoms with E-state index in [1.54, 1.807) is 36.4 Å². The number of carbonyl (C=O) groups is 2. The molecule has 0 bridgehead atoms. The van der Waals surface area contributed by atoms with Gasteiger partial charge in [0.1, 0.15) is 6.54 Å². The van der Waals surface area contributed by atoms with Crippen LogP contribution in [0.25, 0.3) is 0 Å². The molecule has 0 fully saturated rings. The molecule has 0 radical (unpaired) electrons. The number of nitrogens with zero attached hydrogens (tertiary/aromatic N) is 1. The minimum absolute atomic E-state index is 0.0651. The number of aryl methyl sites for hydroxylation is 2. The number of rotatable bonds is 9. The van der Waals surface area contributed by atoms with E-state index < -0.39 is 36.4 Å². The molecule has 0 aliphatic rings. The fourth-order valence-electron chi connectivity index (χ4n) is 2.68. The van der Waals surface area contributed by atoms with E-state index in [1.165, 1.54) is 6.92 Å². The lowest BCUT2D eigenvalue weighted by atomic mass is 10.2. The molecule has 0 atom stereocenters. The smallest absolute Gasteiger partial charge is 0.465 e. The van der Waals surface area contributed by atoms with Crippen LogP contribution in [0.3, 0.4) is 0 Å². The van der Waals surface area contributed by atoms with Gasteiger partial charge in [-0.3, -0.25) is 14.2 Å². The van der Waals surface area contributed by atoms with Gasteiger partial charge in [-0.1, -0.05) is 31.9 Å². The minimum Gasteiger partial charge on any atom is -0.465 e. The van der Waals surface area contributed by atoms with Crippen LogP contribution in [0.5, 0.6) is 0 Å². The quantitative estimate of drug-likeness (QED) is 0.202. The molecule has 0 saturated carbocycles. The van der Waals surface area contributed by atoms with Crippen LogP contribution >= 0.6 is 60.2 Å². The molecule has 2 aromatic rings. The summed E-state index contributed by atoms with van der Waals surface area (Å²) >= 11 is 8.54. The normalized spacial score (nSPS) is 11.9. The van der Waals surface area contributed by atoms with Crippen molar-refractivity contribution in [1.29, 1.82) is 0 Å². The van der Waals surface area contributed by atoms with Crippen molar-refractivity contribution in [2.24, 2.45) is 0 Å². The molecule has 0 aliphatic carbocycles. The molecule has 0 heterocycles. The monoisotopic (exact) mass is 661 g/mol. The van der Waals surface area contributed by atoms with Gasteiger partial charge in [0.2, 0.25) is 5.55 Å². The van der Waals surface area contributed by atoms with Gasteiger partial charge in [0, 0.05) is 18.7 Å². The highest BCUT2D eigenvalue weighted by Crippen LogP contribution is 2.73. The van der Waals surface area contributed by atoms with Crippen molar-refractivity contribution in [2.45, 2.75) is 36.7 Å². The third-order valence-corrected chi connectivity index (χ3v) is 13.2. The minimum atomic E-state index is -5.24. The predicted octanol–water partition coefficient (Wildman–Crippen LogP) is 7.82. The fourth-order valence-corrected chi connectivity index (χ4v) is 11.1. The highest BCUT2D eigenvalue weighted by molar-refractivity contribution is 9.10. The van der Waals surface area contributed by atoms with Gasteiger partial charge in [-0.15, -0.1) is 0 Å². The van der Waals surface area contributed by atoms with Gasteiger partial charge in [-0.05, 0) is 91.1 Å². The molecular weight excluding hydrogens is 642 g/mol. The Bertz CT molecular complexity index is 1060. The number of hydrogen-bond acceptors (Lipinski definition) is 6. The van der Waals surface area contributed by atoms with Crippen molar-refractivity contribution in [3.63, 3.8) is 0 Å². The van der Waals surface area contributed by atoms with Crippen molar-refractivity contribution in [2.75, 3.05) is 19.4 Å². The van der Waals surface area contributed by atoms with E-state index in [0.717, 1.165) is 42.8 Å². The summed E-state index contributed by atoms with van der Waals surface area (Å²) in [5.74, 6) is -3.26. The maximum atomic E-state index is 14.1. The molecule has 0 saturated heterocycles. The average Bonchev–Trinajstić information content (AvgIpc) is 2.72. The van der Waals surface area contributed by atoms with Crippen LogP contribution in [0.2, 0.25) is 0 Å². The van der Waals surface area contributed by atoms with Gasteiger partial charge >= 0.3 is 18.1 Å². The first-order valence-corrected chi connectivity index (χ1v) is 16.1. The number of amides is 1. The third kappa shape index (κ3) is 8.62. The number of esters is 1. The SMILES string of the molecule is CCOC(=O)CN(CP(=O)(Sc1ccc(Br)c(C)c1)Sc1ccc(Br)c(C)c1)C(=O)C(F)(F)F. The van der Waals surface area contributed by atoms with E-state index in [-0.39, 0.29) is 11.5 Å². The van der Waals surface area contributed by atoms with Crippen LogP contribution in [-0.2, 0) is 18.9 Å². The number of carbonyl (C=O) groups excluding carboxylic acids is 2. The third-order valence-electron chi connectivity index (χ3n) is 4.25. The Morgan fingerprint density at radius 1 is 1.00 bits per heavy atom. The highest BCUT2D eigenvalue weighted by Gasteiger charge is 2.45. The molecule has 1 amide bonds. The lowest BCUT2D eigenvalue weighted by molar-refractivity contribution is -0.186. The van der Waals surface area contributed by atoms with Gasteiger partial charge in [0.15, 0.2) is 0 Å². The largest absolute Gasteiger partial charge is 0.471 e. The molecule has 0 spiro atoms. The summed E-state index contributed by atoms with van der Waals surface area (Å²) in [6, 6.07) is 10.3. The van der Waals surface area contributed by atoms with Gasteiger partial charge in [-0.25, -0.2) is 0 Å². The van der Waals surface area contributed by atoms with Crippen LogP contribution in [-0.4, -0.2) is 42.4 Å². The second-order valence-electron chi connectivity index (χ2n) is 7.06. The standard InChI is InChI=1S/C21H21Br2F3NO4PS2/c1-4-31-19(28)11-27(20(29)21(24,25)26)12-32(30,33-15-5-7-17(22)13(2)9-15)34-16-6-8-18(23)14(3)10-16/h5-10H,4,11-12H2,1-3H3. The summed E-state index contributed by atoms with van der Waals surface area (Å²) in [5.41, 5.74) is -2.00. The van der Waals surface area contributed by atoms with Crippen molar-refractivity contribution in [3.8, 4) is 0 Å². The van der Waals surface area contributed by atoms with Crippen LogP contribution in [0.1, 0.15) is 18.1 Å². The Labute approximate surface area is 220 Å². The molecular formula is C21H21Br2F3NO4PS2. The molecule has 0 aliphatic heterocycles. The maximum Gasteiger partial charge on any atom is 0.471 e. The molecule has 0 unspecified atom stereocenters. The first kappa shape index (κ1) is 29.3. The van der Waals surface area contributed by atoms with Crippen molar-refractivity contribution >= 4 is 72.0 Å². The molecule has 2 rings (SSSR count). The van der Waals surface area contributed by atoms with Gasteiger partial charge in [-0.2, -0.15) is 13.2 Å². The van der Waals surface area contributed by atoms with Crippen LogP contribution in [0.4, 0.5) is 13.2 Å². The van der Waals surface area contributed by atoms with Crippen LogP contribution < -0.4 is 0 Å². The van der Waals surface area contributed by atoms with E-state index in [1.807, 2.05) is 13.8 Å². The Kier molecular flexibility index (Phi) is 10.6. The molecule has 186 valence electrons. The number of hydrogen-bond donors (Lipinski definition) is 0. The number of benzene rings is 2. The second-order valence-corrected chi connectivity index (χ2v) is 16.9. The van der Waals surface area contributed by atoms with Gasteiger partial charge in [0.05, 0.1) is 12.9 Å². The van der Waals surface area contributed by atoms with Crippen LogP contribution in [0.15, 0.2) is 55.1 Å². The van der Waals surface area contributed by atoms with Crippen LogP contribution in [0, 0.1) is 13.8 Å². The maximum absolute atomic E-state index is 14.1. The summed E-state index contributed by atoms with van der Waals surface area (Å²) in [6.45, 7) is 4.12. The topological polar surface area (TPSA) is 63.7 Å². The lowest BCUT2D eigenvalue weighted by Gasteiger charge is -2.27. The van der Waals surface area contributed by atoms with E-state index in [2.05, 4.69) is 31.9 Å². The van der Waals surface area contributed by atoms with Crippen molar-refractivity contribution in [1.82, 2.24) is 4.90 Å². The summed E-state index contributed by atoms with van der Waals surface area (Å²) in [4.78, 5) is 25.5. The summed E-state index contributed by atoms with van der Waals surface area (Å²) in [5, 5.41) is 0. The molecule has 2 aromatic carbocycles. The number of alkyl halides is 3. The zero-order valence-electron chi connectivity index (χ0n) is 18.3. The zero-order valence-corrected chi connectivity index (χ0v) is 24.0. The molecule has 13 heteroatoms.